The molecule has 3 N–H and O–H groups in total. The minimum atomic E-state index is -0.486. The molecule has 1 fully saturated rings. The fourth-order valence-corrected chi connectivity index (χ4v) is 2.86. The summed E-state index contributed by atoms with van der Waals surface area (Å²) >= 11 is 0. The summed E-state index contributed by atoms with van der Waals surface area (Å²) in [5.74, 6) is 1.53. The van der Waals surface area contributed by atoms with E-state index in [4.69, 9.17) is 19.9 Å². The van der Waals surface area contributed by atoms with Crippen LogP contribution in [0.1, 0.15) is 31.4 Å². The molecule has 2 atom stereocenters. The molecule has 0 spiro atoms. The summed E-state index contributed by atoms with van der Waals surface area (Å²) in [7, 11) is 0. The van der Waals surface area contributed by atoms with E-state index >= 15 is 0 Å². The SMILES string of the molecule is CC(NC(=O)C(N)C1CCOCC1)c1ccc2c(c1)OCO2.Cl. The average Bonchev–Trinajstić information content (AvgIpc) is 3.02. The molecule has 3 rings (SSSR count). The van der Waals surface area contributed by atoms with Crippen LogP contribution in [0, 0.1) is 5.92 Å². The largest absolute Gasteiger partial charge is 0.454 e. The quantitative estimate of drug-likeness (QED) is 0.871. The lowest BCUT2D eigenvalue weighted by Crippen LogP contribution is -2.47. The molecule has 2 aliphatic heterocycles. The van der Waals surface area contributed by atoms with E-state index in [9.17, 15) is 4.79 Å². The van der Waals surface area contributed by atoms with Crippen molar-refractivity contribution in [2.75, 3.05) is 20.0 Å². The number of carbonyl (C=O) groups is 1. The standard InChI is InChI=1S/C16H22N2O4.ClH/c1-10(12-2-3-13-14(8-12)22-9-21-13)18-16(19)15(17)11-4-6-20-7-5-11;/h2-3,8,10-11,15H,4-7,9,17H2,1H3,(H,18,19);1H. The number of benzene rings is 1. The Bertz CT molecular complexity index is 549. The van der Waals surface area contributed by atoms with E-state index in [2.05, 4.69) is 5.32 Å². The number of halogens is 1. The second-order valence-corrected chi connectivity index (χ2v) is 5.82. The molecule has 0 bridgehead atoms. The molecule has 1 aromatic rings. The number of ether oxygens (including phenoxy) is 3. The minimum absolute atomic E-state index is 0. The van der Waals surface area contributed by atoms with Crippen molar-refractivity contribution in [1.29, 1.82) is 0 Å². The van der Waals surface area contributed by atoms with Gasteiger partial charge in [-0.15, -0.1) is 12.4 Å². The number of fused-ring (bicyclic) bond motifs is 1. The van der Waals surface area contributed by atoms with Crippen LogP contribution in [0.15, 0.2) is 18.2 Å². The van der Waals surface area contributed by atoms with Gasteiger partial charge in [-0.25, -0.2) is 0 Å². The van der Waals surface area contributed by atoms with E-state index in [0.29, 0.717) is 19.0 Å². The van der Waals surface area contributed by atoms with E-state index in [-0.39, 0.29) is 37.1 Å². The van der Waals surface area contributed by atoms with E-state index in [0.717, 1.165) is 24.2 Å². The zero-order chi connectivity index (χ0) is 15.5. The van der Waals surface area contributed by atoms with E-state index < -0.39 is 6.04 Å². The van der Waals surface area contributed by atoms with Gasteiger partial charge in [-0.05, 0) is 43.4 Å². The maximum atomic E-state index is 12.3. The van der Waals surface area contributed by atoms with Crippen LogP contribution in [-0.2, 0) is 9.53 Å². The third-order valence-electron chi connectivity index (χ3n) is 4.33. The summed E-state index contributed by atoms with van der Waals surface area (Å²) in [6.07, 6.45) is 1.68. The van der Waals surface area contributed by atoms with Gasteiger partial charge >= 0.3 is 0 Å². The fraction of sp³-hybridized carbons (Fsp3) is 0.562. The molecule has 0 aromatic heterocycles. The van der Waals surface area contributed by atoms with Gasteiger partial charge in [-0.2, -0.15) is 0 Å². The van der Waals surface area contributed by atoms with Crippen molar-refractivity contribution in [3.8, 4) is 11.5 Å². The van der Waals surface area contributed by atoms with Crippen LogP contribution < -0.4 is 20.5 Å². The summed E-state index contributed by atoms with van der Waals surface area (Å²) in [6.45, 7) is 3.55. The highest BCUT2D eigenvalue weighted by molar-refractivity contribution is 5.85. The molecule has 2 heterocycles. The van der Waals surface area contributed by atoms with Crippen molar-refractivity contribution < 1.29 is 19.0 Å². The Balaban J connectivity index is 0.00000192. The number of hydrogen-bond acceptors (Lipinski definition) is 5. The first kappa shape index (κ1) is 17.8. The number of amides is 1. The van der Waals surface area contributed by atoms with Crippen molar-refractivity contribution >= 4 is 18.3 Å². The van der Waals surface area contributed by atoms with E-state index in [1.165, 1.54) is 0 Å². The van der Waals surface area contributed by atoms with Gasteiger partial charge in [0.25, 0.3) is 0 Å². The molecule has 2 unspecified atom stereocenters. The summed E-state index contributed by atoms with van der Waals surface area (Å²) in [5, 5.41) is 2.98. The minimum Gasteiger partial charge on any atom is -0.454 e. The van der Waals surface area contributed by atoms with Crippen LogP contribution in [0.2, 0.25) is 0 Å². The second-order valence-electron chi connectivity index (χ2n) is 5.82. The molecule has 7 heteroatoms. The lowest BCUT2D eigenvalue weighted by molar-refractivity contribution is -0.125. The highest BCUT2D eigenvalue weighted by Gasteiger charge is 2.27. The number of nitrogens with one attached hydrogen (secondary N) is 1. The summed E-state index contributed by atoms with van der Waals surface area (Å²) < 4.78 is 16.0. The van der Waals surface area contributed by atoms with Gasteiger partial charge in [0.2, 0.25) is 12.7 Å². The maximum Gasteiger partial charge on any atom is 0.237 e. The van der Waals surface area contributed by atoms with Gasteiger partial charge in [0, 0.05) is 13.2 Å². The van der Waals surface area contributed by atoms with Crippen LogP contribution in [0.5, 0.6) is 11.5 Å². The first-order valence-electron chi connectivity index (χ1n) is 7.68. The zero-order valence-corrected chi connectivity index (χ0v) is 13.9. The smallest absolute Gasteiger partial charge is 0.237 e. The predicted octanol–water partition coefficient (Wildman–Crippen LogP) is 1.77. The first-order valence-corrected chi connectivity index (χ1v) is 7.68. The zero-order valence-electron chi connectivity index (χ0n) is 13.1. The average molecular weight is 343 g/mol. The predicted molar refractivity (Wildman–Crippen MR) is 87.9 cm³/mol. The molecule has 0 aliphatic carbocycles. The van der Waals surface area contributed by atoms with Gasteiger partial charge in [0.1, 0.15) is 0 Å². The Kier molecular flexibility index (Phi) is 6.10. The van der Waals surface area contributed by atoms with Crippen molar-refractivity contribution in [1.82, 2.24) is 5.32 Å². The highest BCUT2D eigenvalue weighted by atomic mass is 35.5. The molecule has 128 valence electrons. The Morgan fingerprint density at radius 2 is 1.96 bits per heavy atom. The Labute approximate surface area is 142 Å². The molecule has 6 nitrogen and oxygen atoms in total. The maximum absolute atomic E-state index is 12.3. The Hall–Kier alpha value is -1.50. The lowest BCUT2D eigenvalue weighted by Gasteiger charge is -2.28. The van der Waals surface area contributed by atoms with Crippen LogP contribution in [0.25, 0.3) is 0 Å². The number of hydrogen-bond donors (Lipinski definition) is 2. The molecular weight excluding hydrogens is 320 g/mol. The van der Waals surface area contributed by atoms with Crippen molar-refractivity contribution in [3.63, 3.8) is 0 Å². The summed E-state index contributed by atoms with van der Waals surface area (Å²) in [5.41, 5.74) is 7.07. The van der Waals surface area contributed by atoms with Gasteiger partial charge in [0.05, 0.1) is 12.1 Å². The molecule has 2 aliphatic rings. The van der Waals surface area contributed by atoms with Crippen molar-refractivity contribution in [2.24, 2.45) is 11.7 Å². The van der Waals surface area contributed by atoms with Crippen molar-refractivity contribution in [2.45, 2.75) is 31.8 Å². The topological polar surface area (TPSA) is 82.8 Å². The number of carbonyl (C=O) groups excluding carboxylic acids is 1. The molecule has 1 aromatic carbocycles. The number of rotatable bonds is 4. The normalized spacial score (nSPS) is 19.6. The lowest BCUT2D eigenvalue weighted by atomic mass is 9.91. The third-order valence-corrected chi connectivity index (χ3v) is 4.33. The third kappa shape index (κ3) is 4.07. The highest BCUT2D eigenvalue weighted by Crippen LogP contribution is 2.34. The Morgan fingerprint density at radius 3 is 2.70 bits per heavy atom. The summed E-state index contributed by atoms with van der Waals surface area (Å²) in [4.78, 5) is 12.3. The summed E-state index contributed by atoms with van der Waals surface area (Å²) in [6, 6.07) is 5.07. The number of nitrogens with two attached hydrogens (primary N) is 1. The van der Waals surface area contributed by atoms with Crippen LogP contribution >= 0.6 is 12.4 Å². The molecule has 1 amide bonds. The fourth-order valence-electron chi connectivity index (χ4n) is 2.86. The van der Waals surface area contributed by atoms with Crippen molar-refractivity contribution in [3.05, 3.63) is 23.8 Å². The molecule has 0 radical (unpaired) electrons. The van der Waals surface area contributed by atoms with Crippen LogP contribution in [0.4, 0.5) is 0 Å². The molecule has 23 heavy (non-hydrogen) atoms. The van der Waals surface area contributed by atoms with Gasteiger partial charge < -0.3 is 25.3 Å². The molecular formula is C16H23ClN2O4. The van der Waals surface area contributed by atoms with Crippen LogP contribution in [0.3, 0.4) is 0 Å². The van der Waals surface area contributed by atoms with Gasteiger partial charge in [0.15, 0.2) is 11.5 Å². The molecule has 1 saturated heterocycles. The van der Waals surface area contributed by atoms with Gasteiger partial charge in [-0.3, -0.25) is 4.79 Å². The second kappa shape index (κ2) is 7.86. The van der Waals surface area contributed by atoms with Gasteiger partial charge in [-0.1, -0.05) is 6.07 Å². The first-order chi connectivity index (χ1) is 10.6. The molecule has 0 saturated carbocycles. The van der Waals surface area contributed by atoms with E-state index in [1.54, 1.807) is 0 Å². The Morgan fingerprint density at radius 1 is 1.26 bits per heavy atom. The van der Waals surface area contributed by atoms with E-state index in [1.807, 2.05) is 25.1 Å². The monoisotopic (exact) mass is 342 g/mol. The van der Waals surface area contributed by atoms with Crippen LogP contribution in [-0.4, -0.2) is 32.0 Å².